The van der Waals surface area contributed by atoms with Crippen LogP contribution in [0.4, 0.5) is 13.2 Å². The molecule has 1 aromatic rings. The van der Waals surface area contributed by atoms with Gasteiger partial charge in [0.1, 0.15) is 5.75 Å². The highest BCUT2D eigenvalue weighted by Gasteiger charge is 2.28. The van der Waals surface area contributed by atoms with Crippen LogP contribution in [0.3, 0.4) is 0 Å². The van der Waals surface area contributed by atoms with E-state index in [0.29, 0.717) is 11.3 Å². The zero-order valence-corrected chi connectivity index (χ0v) is 9.78. The number of aliphatic hydroxyl groups excluding tert-OH is 1. The van der Waals surface area contributed by atoms with E-state index in [2.05, 4.69) is 0 Å². The summed E-state index contributed by atoms with van der Waals surface area (Å²) >= 11 is 0. The molecule has 2 rings (SSSR count). The van der Waals surface area contributed by atoms with Crippen molar-refractivity contribution >= 4 is 0 Å². The number of ether oxygens (including phenoxy) is 1. The van der Waals surface area contributed by atoms with E-state index in [4.69, 9.17) is 4.74 Å². The minimum atomic E-state index is -4.23. The molecule has 1 aliphatic rings. The molecule has 5 heteroatoms. The first-order valence-electron chi connectivity index (χ1n) is 5.95. The van der Waals surface area contributed by atoms with Crippen LogP contribution in [0.1, 0.15) is 37.4 Å². The van der Waals surface area contributed by atoms with Crippen molar-refractivity contribution in [1.82, 2.24) is 0 Å². The fraction of sp³-hybridized carbons (Fsp3) is 0.538. The Morgan fingerprint density at radius 1 is 1.22 bits per heavy atom. The quantitative estimate of drug-likeness (QED) is 0.876. The van der Waals surface area contributed by atoms with Gasteiger partial charge in [-0.3, -0.25) is 0 Å². The molecule has 18 heavy (non-hydrogen) atoms. The third kappa shape index (κ3) is 4.22. The minimum absolute atomic E-state index is 0.283. The molecule has 0 aromatic heterocycles. The summed E-state index contributed by atoms with van der Waals surface area (Å²) in [7, 11) is 0. The largest absolute Gasteiger partial charge is 0.490 e. The summed E-state index contributed by atoms with van der Waals surface area (Å²) in [5.74, 6) is 0.698. The van der Waals surface area contributed by atoms with Crippen molar-refractivity contribution in [3.05, 3.63) is 29.8 Å². The zero-order chi connectivity index (χ0) is 13.2. The second-order valence-electron chi connectivity index (χ2n) is 4.56. The van der Waals surface area contributed by atoms with Gasteiger partial charge in [-0.2, -0.15) is 13.2 Å². The van der Waals surface area contributed by atoms with Gasteiger partial charge in [0.05, 0.1) is 12.2 Å². The number of hydrogen-bond acceptors (Lipinski definition) is 2. The van der Waals surface area contributed by atoms with Gasteiger partial charge in [-0.05, 0) is 37.0 Å². The highest BCUT2D eigenvalue weighted by Crippen LogP contribution is 2.30. The summed E-state index contributed by atoms with van der Waals surface area (Å²) in [4.78, 5) is 0. The summed E-state index contributed by atoms with van der Waals surface area (Å²) in [6.07, 6.45) is -4.21. The molecule has 1 N–H and O–H groups in total. The lowest BCUT2D eigenvalue weighted by Gasteiger charge is -2.13. The number of hydrogen-bond donors (Lipinski definition) is 1. The molecule has 1 fully saturated rings. The molecule has 0 amide bonds. The summed E-state index contributed by atoms with van der Waals surface area (Å²) in [5, 5.41) is 9.63. The van der Waals surface area contributed by atoms with E-state index < -0.39 is 18.7 Å². The molecular weight excluding hydrogens is 245 g/mol. The first-order chi connectivity index (χ1) is 8.44. The molecule has 0 bridgehead atoms. The number of aliphatic hydroxyl groups is 1. The second-order valence-corrected chi connectivity index (χ2v) is 4.56. The van der Waals surface area contributed by atoms with Crippen molar-refractivity contribution in [3.8, 4) is 5.75 Å². The Kier molecular flexibility index (Phi) is 3.80. The molecular formula is C13H15F3O2. The third-order valence-electron chi connectivity index (χ3n) is 2.79. The van der Waals surface area contributed by atoms with Gasteiger partial charge in [-0.1, -0.05) is 12.1 Å². The Morgan fingerprint density at radius 3 is 2.33 bits per heavy atom. The minimum Gasteiger partial charge on any atom is -0.490 e. The molecule has 1 saturated carbocycles. The van der Waals surface area contributed by atoms with Gasteiger partial charge in [0.25, 0.3) is 0 Å². The fourth-order valence-electron chi connectivity index (χ4n) is 1.61. The molecule has 0 heterocycles. The predicted octanol–water partition coefficient (Wildman–Crippen LogP) is 3.60. The standard InChI is InChI=1S/C13H15F3O2/c14-13(15,16)8-7-12(17)9-1-3-10(4-2-9)18-11-5-6-11/h1-4,11-12,17H,5-8H2. The van der Waals surface area contributed by atoms with E-state index in [0.717, 1.165) is 12.8 Å². The number of benzene rings is 1. The van der Waals surface area contributed by atoms with Crippen LogP contribution in [-0.4, -0.2) is 17.4 Å². The third-order valence-corrected chi connectivity index (χ3v) is 2.79. The van der Waals surface area contributed by atoms with Crippen molar-refractivity contribution in [3.63, 3.8) is 0 Å². The smallest absolute Gasteiger partial charge is 0.389 e. The maximum Gasteiger partial charge on any atom is 0.389 e. The lowest BCUT2D eigenvalue weighted by molar-refractivity contribution is -0.140. The lowest BCUT2D eigenvalue weighted by atomic mass is 10.0. The average Bonchev–Trinajstić information content (AvgIpc) is 3.10. The number of halogens is 3. The van der Waals surface area contributed by atoms with Crippen molar-refractivity contribution in [2.45, 2.75) is 44.1 Å². The number of rotatable bonds is 5. The van der Waals surface area contributed by atoms with Crippen LogP contribution in [0, 0.1) is 0 Å². The van der Waals surface area contributed by atoms with Crippen molar-refractivity contribution in [2.24, 2.45) is 0 Å². The predicted molar refractivity (Wildman–Crippen MR) is 60.3 cm³/mol. The molecule has 0 radical (unpaired) electrons. The molecule has 1 atom stereocenters. The van der Waals surface area contributed by atoms with Crippen LogP contribution in [0.15, 0.2) is 24.3 Å². The Balaban J connectivity index is 1.87. The van der Waals surface area contributed by atoms with Gasteiger partial charge in [-0.25, -0.2) is 0 Å². The van der Waals surface area contributed by atoms with Crippen LogP contribution in [0.25, 0.3) is 0 Å². The molecule has 2 nitrogen and oxygen atoms in total. The molecule has 1 unspecified atom stereocenters. The van der Waals surface area contributed by atoms with Gasteiger partial charge in [0, 0.05) is 6.42 Å². The summed E-state index contributed by atoms with van der Waals surface area (Å²) in [6, 6.07) is 6.59. The first-order valence-corrected chi connectivity index (χ1v) is 5.95. The molecule has 0 saturated heterocycles. The van der Waals surface area contributed by atoms with Crippen molar-refractivity contribution in [1.29, 1.82) is 0 Å². The maximum atomic E-state index is 12.0. The molecule has 0 aliphatic heterocycles. The van der Waals surface area contributed by atoms with E-state index in [1.807, 2.05) is 0 Å². The van der Waals surface area contributed by atoms with E-state index >= 15 is 0 Å². The van der Waals surface area contributed by atoms with E-state index in [1.54, 1.807) is 24.3 Å². The number of alkyl halides is 3. The Bertz CT molecular complexity index is 382. The average molecular weight is 260 g/mol. The van der Waals surface area contributed by atoms with Gasteiger partial charge >= 0.3 is 6.18 Å². The monoisotopic (exact) mass is 260 g/mol. The Morgan fingerprint density at radius 2 is 1.83 bits per heavy atom. The maximum absolute atomic E-state index is 12.0. The van der Waals surface area contributed by atoms with Crippen LogP contribution in [-0.2, 0) is 0 Å². The first kappa shape index (κ1) is 13.2. The van der Waals surface area contributed by atoms with Crippen LogP contribution < -0.4 is 4.74 Å². The van der Waals surface area contributed by atoms with Crippen molar-refractivity contribution in [2.75, 3.05) is 0 Å². The topological polar surface area (TPSA) is 29.5 Å². The van der Waals surface area contributed by atoms with Gasteiger partial charge in [0.15, 0.2) is 0 Å². The van der Waals surface area contributed by atoms with Crippen LogP contribution >= 0.6 is 0 Å². The van der Waals surface area contributed by atoms with Gasteiger partial charge in [-0.15, -0.1) is 0 Å². The highest BCUT2D eigenvalue weighted by molar-refractivity contribution is 5.29. The second kappa shape index (κ2) is 5.18. The lowest BCUT2D eigenvalue weighted by Crippen LogP contribution is -2.10. The zero-order valence-electron chi connectivity index (χ0n) is 9.78. The molecule has 1 aliphatic carbocycles. The fourth-order valence-corrected chi connectivity index (χ4v) is 1.61. The van der Waals surface area contributed by atoms with E-state index in [-0.39, 0.29) is 12.5 Å². The Hall–Kier alpha value is -1.23. The molecule has 1 aromatic carbocycles. The molecule has 0 spiro atoms. The van der Waals surface area contributed by atoms with E-state index in [1.165, 1.54) is 0 Å². The van der Waals surface area contributed by atoms with Gasteiger partial charge in [0.2, 0.25) is 0 Å². The summed E-state index contributed by atoms with van der Waals surface area (Å²) < 4.78 is 41.6. The van der Waals surface area contributed by atoms with Crippen LogP contribution in [0.2, 0.25) is 0 Å². The highest BCUT2D eigenvalue weighted by atomic mass is 19.4. The summed E-state index contributed by atoms with van der Waals surface area (Å²) in [5.41, 5.74) is 0.488. The summed E-state index contributed by atoms with van der Waals surface area (Å²) in [6.45, 7) is 0. The van der Waals surface area contributed by atoms with E-state index in [9.17, 15) is 18.3 Å². The van der Waals surface area contributed by atoms with Crippen LogP contribution in [0.5, 0.6) is 5.75 Å². The SMILES string of the molecule is OC(CCC(F)(F)F)c1ccc(OC2CC2)cc1. The van der Waals surface area contributed by atoms with Crippen molar-refractivity contribution < 1.29 is 23.0 Å². The Labute approximate surface area is 103 Å². The molecule has 100 valence electrons. The van der Waals surface area contributed by atoms with Gasteiger partial charge < -0.3 is 9.84 Å². The normalized spacial score (nSPS) is 17.6.